The molecule has 0 fully saturated rings. The summed E-state index contributed by atoms with van der Waals surface area (Å²) in [6.07, 6.45) is 0. The van der Waals surface area contributed by atoms with Crippen LogP contribution >= 0.6 is 0 Å². The highest BCUT2D eigenvalue weighted by molar-refractivity contribution is 5.50. The van der Waals surface area contributed by atoms with Gasteiger partial charge in [-0.25, -0.2) is 8.78 Å². The molecule has 0 amide bonds. The average Bonchev–Trinajstić information content (AvgIpc) is 2.38. The van der Waals surface area contributed by atoms with Gasteiger partial charge in [0.25, 0.3) is 0 Å². The minimum atomic E-state index is -0.684. The lowest BCUT2D eigenvalue weighted by atomic mass is 10.2. The lowest BCUT2D eigenvalue weighted by Crippen LogP contribution is -2.12. The Morgan fingerprint density at radius 2 is 1.89 bits per heavy atom. The Hall–Kier alpha value is -2.10. The number of rotatable bonds is 5. The number of ether oxygens (including phenoxy) is 1. The first-order chi connectivity index (χ1) is 9.16. The van der Waals surface area contributed by atoms with Gasteiger partial charge in [0.2, 0.25) is 0 Å². The first-order valence-electron chi connectivity index (χ1n) is 6.04. The fourth-order valence-electron chi connectivity index (χ4n) is 1.71. The zero-order valence-electron chi connectivity index (χ0n) is 10.6. The van der Waals surface area contributed by atoms with Crippen molar-refractivity contribution in [3.8, 4) is 5.75 Å². The standard InChI is InChI=1S/C15H15F2NO/c1-11-4-2-3-5-14(11)18-8-9-19-15-7-6-12(16)10-13(15)17/h2-7,10,18H,8-9H2,1H3. The van der Waals surface area contributed by atoms with Crippen molar-refractivity contribution in [3.63, 3.8) is 0 Å². The van der Waals surface area contributed by atoms with Crippen molar-refractivity contribution in [2.24, 2.45) is 0 Å². The van der Waals surface area contributed by atoms with Gasteiger partial charge in [-0.15, -0.1) is 0 Å². The number of nitrogens with one attached hydrogen (secondary N) is 1. The Balaban J connectivity index is 1.83. The zero-order chi connectivity index (χ0) is 13.7. The van der Waals surface area contributed by atoms with Crippen LogP contribution in [0, 0.1) is 18.6 Å². The number of anilines is 1. The molecule has 2 aromatic carbocycles. The molecule has 2 nitrogen and oxygen atoms in total. The topological polar surface area (TPSA) is 21.3 Å². The average molecular weight is 263 g/mol. The van der Waals surface area contributed by atoms with Crippen LogP contribution in [0.15, 0.2) is 42.5 Å². The minimum absolute atomic E-state index is 0.0629. The van der Waals surface area contributed by atoms with E-state index in [0.29, 0.717) is 13.2 Å². The second kappa shape index (κ2) is 6.18. The summed E-state index contributed by atoms with van der Waals surface area (Å²) in [5.74, 6) is -1.23. The van der Waals surface area contributed by atoms with Gasteiger partial charge in [0.15, 0.2) is 11.6 Å². The number of halogens is 2. The largest absolute Gasteiger partial charge is 0.489 e. The molecule has 0 aliphatic heterocycles. The molecule has 2 aromatic rings. The summed E-state index contributed by atoms with van der Waals surface area (Å²) < 4.78 is 31.2. The van der Waals surface area contributed by atoms with Gasteiger partial charge in [-0.05, 0) is 30.7 Å². The molecular weight excluding hydrogens is 248 g/mol. The molecule has 19 heavy (non-hydrogen) atoms. The molecule has 100 valence electrons. The number of para-hydroxylation sites is 1. The number of hydrogen-bond acceptors (Lipinski definition) is 2. The monoisotopic (exact) mass is 263 g/mol. The highest BCUT2D eigenvalue weighted by Crippen LogP contribution is 2.17. The minimum Gasteiger partial charge on any atom is -0.489 e. The Labute approximate surface area is 111 Å². The predicted molar refractivity (Wildman–Crippen MR) is 71.5 cm³/mol. The van der Waals surface area contributed by atoms with Gasteiger partial charge in [-0.1, -0.05) is 18.2 Å². The summed E-state index contributed by atoms with van der Waals surface area (Å²) >= 11 is 0. The molecule has 0 aliphatic rings. The SMILES string of the molecule is Cc1ccccc1NCCOc1ccc(F)cc1F. The van der Waals surface area contributed by atoms with E-state index in [2.05, 4.69) is 5.32 Å². The number of aryl methyl sites for hydroxylation is 1. The Morgan fingerprint density at radius 1 is 1.11 bits per heavy atom. The first-order valence-corrected chi connectivity index (χ1v) is 6.04. The van der Waals surface area contributed by atoms with Crippen LogP contribution in [0.4, 0.5) is 14.5 Å². The quantitative estimate of drug-likeness (QED) is 0.829. The Kier molecular flexibility index (Phi) is 4.34. The lowest BCUT2D eigenvalue weighted by molar-refractivity contribution is 0.314. The van der Waals surface area contributed by atoms with Gasteiger partial charge in [-0.2, -0.15) is 0 Å². The van der Waals surface area contributed by atoms with E-state index >= 15 is 0 Å². The Morgan fingerprint density at radius 3 is 2.63 bits per heavy atom. The van der Waals surface area contributed by atoms with Gasteiger partial charge < -0.3 is 10.1 Å². The fourth-order valence-corrected chi connectivity index (χ4v) is 1.71. The third-order valence-corrected chi connectivity index (χ3v) is 2.71. The van der Waals surface area contributed by atoms with Crippen LogP contribution in [0.25, 0.3) is 0 Å². The van der Waals surface area contributed by atoms with Crippen LogP contribution in [0.5, 0.6) is 5.75 Å². The van der Waals surface area contributed by atoms with Crippen molar-refractivity contribution in [1.29, 1.82) is 0 Å². The smallest absolute Gasteiger partial charge is 0.167 e. The molecular formula is C15H15F2NO. The number of hydrogen-bond donors (Lipinski definition) is 1. The van der Waals surface area contributed by atoms with E-state index in [1.807, 2.05) is 31.2 Å². The molecule has 0 aliphatic carbocycles. The molecule has 0 aromatic heterocycles. The van der Waals surface area contributed by atoms with E-state index in [-0.39, 0.29) is 5.75 Å². The van der Waals surface area contributed by atoms with Crippen molar-refractivity contribution in [1.82, 2.24) is 0 Å². The van der Waals surface area contributed by atoms with Crippen LogP contribution in [-0.4, -0.2) is 13.2 Å². The zero-order valence-corrected chi connectivity index (χ0v) is 10.6. The van der Waals surface area contributed by atoms with Gasteiger partial charge >= 0.3 is 0 Å². The molecule has 0 spiro atoms. The number of benzene rings is 2. The summed E-state index contributed by atoms with van der Waals surface area (Å²) in [6.45, 7) is 2.85. The van der Waals surface area contributed by atoms with Gasteiger partial charge in [0.05, 0.1) is 0 Å². The van der Waals surface area contributed by atoms with Crippen LogP contribution < -0.4 is 10.1 Å². The van der Waals surface area contributed by atoms with E-state index in [9.17, 15) is 8.78 Å². The third kappa shape index (κ3) is 3.68. The molecule has 0 heterocycles. The van der Waals surface area contributed by atoms with E-state index in [1.165, 1.54) is 12.1 Å². The van der Waals surface area contributed by atoms with Crippen LogP contribution in [0.3, 0.4) is 0 Å². The van der Waals surface area contributed by atoms with Gasteiger partial charge in [0, 0.05) is 18.3 Å². The van der Waals surface area contributed by atoms with Gasteiger partial charge in [-0.3, -0.25) is 0 Å². The second-order valence-electron chi connectivity index (χ2n) is 4.16. The van der Waals surface area contributed by atoms with Crippen molar-refractivity contribution in [2.45, 2.75) is 6.92 Å². The van der Waals surface area contributed by atoms with E-state index < -0.39 is 11.6 Å². The molecule has 0 saturated heterocycles. The van der Waals surface area contributed by atoms with Crippen LogP contribution in [0.1, 0.15) is 5.56 Å². The molecule has 0 saturated carbocycles. The summed E-state index contributed by atoms with van der Waals surface area (Å²) in [5, 5.41) is 3.19. The van der Waals surface area contributed by atoms with Crippen molar-refractivity contribution in [3.05, 3.63) is 59.7 Å². The van der Waals surface area contributed by atoms with E-state index in [4.69, 9.17) is 4.74 Å². The summed E-state index contributed by atoms with van der Waals surface area (Å²) in [7, 11) is 0. The molecule has 0 atom stereocenters. The van der Waals surface area contributed by atoms with E-state index in [1.54, 1.807) is 0 Å². The summed E-state index contributed by atoms with van der Waals surface area (Å²) in [5.41, 5.74) is 2.15. The Bertz CT molecular complexity index is 558. The maximum Gasteiger partial charge on any atom is 0.167 e. The van der Waals surface area contributed by atoms with Crippen molar-refractivity contribution >= 4 is 5.69 Å². The summed E-state index contributed by atoms with van der Waals surface area (Å²) in [6, 6.07) is 11.1. The second-order valence-corrected chi connectivity index (χ2v) is 4.16. The van der Waals surface area contributed by atoms with E-state index in [0.717, 1.165) is 17.3 Å². The van der Waals surface area contributed by atoms with Gasteiger partial charge in [0.1, 0.15) is 12.4 Å². The van der Waals surface area contributed by atoms with Crippen LogP contribution in [0.2, 0.25) is 0 Å². The summed E-state index contributed by atoms with van der Waals surface area (Å²) in [4.78, 5) is 0. The highest BCUT2D eigenvalue weighted by Gasteiger charge is 2.04. The predicted octanol–water partition coefficient (Wildman–Crippen LogP) is 3.76. The maximum atomic E-state index is 13.3. The molecule has 2 rings (SSSR count). The normalized spacial score (nSPS) is 10.3. The fraction of sp³-hybridized carbons (Fsp3) is 0.200. The highest BCUT2D eigenvalue weighted by atomic mass is 19.1. The molecule has 0 radical (unpaired) electrons. The lowest BCUT2D eigenvalue weighted by Gasteiger charge is -2.10. The molecule has 4 heteroatoms. The molecule has 0 bridgehead atoms. The maximum absolute atomic E-state index is 13.3. The van der Waals surface area contributed by atoms with Crippen LogP contribution in [-0.2, 0) is 0 Å². The first kappa shape index (κ1) is 13.3. The third-order valence-electron chi connectivity index (χ3n) is 2.71. The van der Waals surface area contributed by atoms with Crippen molar-refractivity contribution in [2.75, 3.05) is 18.5 Å². The van der Waals surface area contributed by atoms with Crippen molar-refractivity contribution < 1.29 is 13.5 Å². The molecule has 0 unspecified atom stereocenters. The molecule has 1 N–H and O–H groups in total.